The Bertz CT molecular complexity index is 1140. The maximum Gasteiger partial charge on any atom is 0.250 e. The lowest BCUT2D eigenvalue weighted by molar-refractivity contribution is -0.143. The summed E-state index contributed by atoms with van der Waals surface area (Å²) in [5.74, 6) is -3.45. The van der Waals surface area contributed by atoms with Crippen LogP contribution in [-0.4, -0.2) is 28.7 Å². The van der Waals surface area contributed by atoms with E-state index in [1.807, 2.05) is 13.8 Å². The van der Waals surface area contributed by atoms with E-state index in [-0.39, 0.29) is 18.4 Å². The lowest BCUT2D eigenvalue weighted by atomic mass is 9.76. The smallest absolute Gasteiger partial charge is 0.250 e. The molecule has 0 aromatic heterocycles. The van der Waals surface area contributed by atoms with Crippen LogP contribution >= 0.6 is 11.6 Å². The van der Waals surface area contributed by atoms with Crippen LogP contribution in [0.1, 0.15) is 25.0 Å². The van der Waals surface area contributed by atoms with Crippen molar-refractivity contribution in [2.75, 3.05) is 5.32 Å². The number of anilines is 1. The van der Waals surface area contributed by atoms with Crippen LogP contribution in [-0.2, 0) is 26.5 Å². The average Bonchev–Trinajstić information content (AvgIpc) is 3.31. The first-order valence-corrected chi connectivity index (χ1v) is 10.6. The second-order valence-corrected chi connectivity index (χ2v) is 9.13. The molecule has 3 aliphatic rings. The monoisotopic (exact) mass is 441 g/mol. The number of halogens is 2. The highest BCUT2D eigenvalue weighted by atomic mass is 35.5. The molecule has 5 rings (SSSR count). The summed E-state index contributed by atoms with van der Waals surface area (Å²) in [6, 6.07) is 10.6. The molecule has 4 atom stereocenters. The van der Waals surface area contributed by atoms with Crippen molar-refractivity contribution >= 4 is 35.0 Å². The minimum absolute atomic E-state index is 0.0306. The Labute approximate surface area is 183 Å². The van der Waals surface area contributed by atoms with Gasteiger partial charge in [-0.3, -0.25) is 24.6 Å². The summed E-state index contributed by atoms with van der Waals surface area (Å²) in [5.41, 5.74) is -0.0153. The van der Waals surface area contributed by atoms with Crippen molar-refractivity contribution in [3.63, 3.8) is 0 Å². The van der Waals surface area contributed by atoms with E-state index < -0.39 is 41.0 Å². The Morgan fingerprint density at radius 3 is 2.58 bits per heavy atom. The van der Waals surface area contributed by atoms with Crippen molar-refractivity contribution in [2.24, 2.45) is 17.8 Å². The molecule has 3 aliphatic heterocycles. The minimum Gasteiger partial charge on any atom is -0.324 e. The summed E-state index contributed by atoms with van der Waals surface area (Å²) in [5, 5.41) is 6.51. The molecule has 3 amide bonds. The number of fused-ring (bicyclic) bond motifs is 4. The van der Waals surface area contributed by atoms with Gasteiger partial charge in [-0.1, -0.05) is 43.6 Å². The molecule has 160 valence electrons. The maximum atomic E-state index is 14.2. The molecule has 3 heterocycles. The lowest BCUT2D eigenvalue weighted by Gasteiger charge is -2.30. The van der Waals surface area contributed by atoms with E-state index in [4.69, 9.17) is 11.6 Å². The van der Waals surface area contributed by atoms with Crippen LogP contribution in [0.2, 0.25) is 5.02 Å². The highest BCUT2D eigenvalue weighted by molar-refractivity contribution is 6.31. The molecule has 31 heavy (non-hydrogen) atoms. The molecule has 1 spiro atoms. The average molecular weight is 442 g/mol. The number of amides is 3. The molecule has 2 N–H and O–H groups in total. The third kappa shape index (κ3) is 2.69. The van der Waals surface area contributed by atoms with Gasteiger partial charge in [0, 0.05) is 22.3 Å². The second kappa shape index (κ2) is 6.87. The van der Waals surface area contributed by atoms with Gasteiger partial charge in [0.1, 0.15) is 11.4 Å². The molecule has 0 saturated carbocycles. The molecule has 2 saturated heterocycles. The van der Waals surface area contributed by atoms with E-state index in [0.717, 1.165) is 0 Å². The Hall–Kier alpha value is -2.77. The predicted octanol–water partition coefficient (Wildman–Crippen LogP) is 3.06. The Morgan fingerprint density at radius 2 is 1.87 bits per heavy atom. The fourth-order valence-electron chi connectivity index (χ4n) is 5.29. The number of hydrogen-bond acceptors (Lipinski definition) is 4. The van der Waals surface area contributed by atoms with Gasteiger partial charge in [-0.2, -0.15) is 0 Å². The number of benzene rings is 2. The topological polar surface area (TPSA) is 78.5 Å². The van der Waals surface area contributed by atoms with Crippen molar-refractivity contribution in [2.45, 2.75) is 32.0 Å². The van der Waals surface area contributed by atoms with Crippen molar-refractivity contribution in [1.29, 1.82) is 0 Å². The van der Waals surface area contributed by atoms with E-state index in [0.29, 0.717) is 21.8 Å². The predicted molar refractivity (Wildman–Crippen MR) is 112 cm³/mol. The molecule has 0 unspecified atom stereocenters. The fourth-order valence-corrected chi connectivity index (χ4v) is 5.49. The fraction of sp³-hybridized carbons (Fsp3) is 0.348. The summed E-state index contributed by atoms with van der Waals surface area (Å²) < 4.78 is 14.2. The lowest BCUT2D eigenvalue weighted by Crippen LogP contribution is -2.53. The highest BCUT2D eigenvalue weighted by Gasteiger charge is 2.70. The molecule has 0 aliphatic carbocycles. The number of nitrogens with zero attached hydrogens (tertiary/aromatic N) is 1. The number of imide groups is 1. The molecular formula is C23H21ClFN3O3. The number of hydrogen-bond donors (Lipinski definition) is 2. The standard InChI is InChI=1S/C23H21ClFN3O3/c1-11(2)19-17-18(21(30)28(20(17)29)10-12-5-3-4-6-15(12)24)23(27-19)14-9-13(25)7-8-16(14)26-22(23)31/h3-9,11,17-19,27H,10H2,1-2H3,(H,26,31)/t17-,18-,19+,23-/m0/s1. The van der Waals surface area contributed by atoms with Gasteiger partial charge in [0.15, 0.2) is 0 Å². The number of nitrogens with one attached hydrogen (secondary N) is 2. The van der Waals surface area contributed by atoms with Gasteiger partial charge in [0.25, 0.3) is 0 Å². The zero-order valence-electron chi connectivity index (χ0n) is 17.0. The molecular weight excluding hydrogens is 421 g/mol. The Balaban J connectivity index is 1.63. The summed E-state index contributed by atoms with van der Waals surface area (Å²) in [6.07, 6.45) is 0. The quantitative estimate of drug-likeness (QED) is 0.717. The Kier molecular flexibility index (Phi) is 4.46. The van der Waals surface area contributed by atoms with Crippen LogP contribution in [0.4, 0.5) is 10.1 Å². The molecule has 0 radical (unpaired) electrons. The third-order valence-electron chi connectivity index (χ3n) is 6.71. The Morgan fingerprint density at radius 1 is 1.13 bits per heavy atom. The van der Waals surface area contributed by atoms with E-state index in [1.165, 1.54) is 23.1 Å². The summed E-state index contributed by atoms with van der Waals surface area (Å²) >= 11 is 6.26. The number of likely N-dealkylation sites (tertiary alicyclic amines) is 1. The maximum absolute atomic E-state index is 14.2. The third-order valence-corrected chi connectivity index (χ3v) is 7.08. The van der Waals surface area contributed by atoms with Gasteiger partial charge in [-0.25, -0.2) is 4.39 Å². The van der Waals surface area contributed by atoms with E-state index in [9.17, 15) is 18.8 Å². The molecule has 2 aromatic carbocycles. The summed E-state index contributed by atoms with van der Waals surface area (Å²) in [6.45, 7) is 3.89. The van der Waals surface area contributed by atoms with Crippen LogP contribution in [0.5, 0.6) is 0 Å². The number of carbonyl (C=O) groups excluding carboxylic acids is 3. The van der Waals surface area contributed by atoms with Gasteiger partial charge in [-0.05, 0) is 35.7 Å². The zero-order valence-corrected chi connectivity index (χ0v) is 17.7. The van der Waals surface area contributed by atoms with Gasteiger partial charge < -0.3 is 5.32 Å². The first kappa shape index (κ1) is 20.2. The zero-order chi connectivity index (χ0) is 22.1. The van der Waals surface area contributed by atoms with Crippen LogP contribution < -0.4 is 10.6 Å². The molecule has 8 heteroatoms. The van der Waals surface area contributed by atoms with E-state index >= 15 is 0 Å². The largest absolute Gasteiger partial charge is 0.324 e. The summed E-state index contributed by atoms with van der Waals surface area (Å²) in [7, 11) is 0. The van der Waals surface area contributed by atoms with E-state index in [1.54, 1.807) is 24.3 Å². The van der Waals surface area contributed by atoms with Crippen LogP contribution in [0.25, 0.3) is 0 Å². The number of rotatable bonds is 3. The second-order valence-electron chi connectivity index (χ2n) is 8.72. The van der Waals surface area contributed by atoms with Crippen molar-refractivity contribution < 1.29 is 18.8 Å². The molecule has 0 bridgehead atoms. The SMILES string of the molecule is CC(C)[C@H]1N[C@]2(C(=O)Nc3ccc(F)cc32)[C@@H]2C(=O)N(Cc3ccccc3Cl)C(=O)[C@H]12. The first-order valence-electron chi connectivity index (χ1n) is 10.2. The molecule has 2 fully saturated rings. The van der Waals surface area contributed by atoms with Crippen LogP contribution in [0.15, 0.2) is 42.5 Å². The summed E-state index contributed by atoms with van der Waals surface area (Å²) in [4.78, 5) is 41.5. The van der Waals surface area contributed by atoms with E-state index in [2.05, 4.69) is 10.6 Å². The van der Waals surface area contributed by atoms with Crippen LogP contribution in [0.3, 0.4) is 0 Å². The van der Waals surface area contributed by atoms with Gasteiger partial charge in [0.2, 0.25) is 17.7 Å². The number of carbonyl (C=O) groups is 3. The normalized spacial score (nSPS) is 29.1. The first-order chi connectivity index (χ1) is 14.8. The minimum atomic E-state index is -1.49. The van der Waals surface area contributed by atoms with Gasteiger partial charge in [0.05, 0.1) is 18.4 Å². The molecule has 6 nitrogen and oxygen atoms in total. The van der Waals surface area contributed by atoms with Crippen molar-refractivity contribution in [1.82, 2.24) is 10.2 Å². The molecule has 2 aromatic rings. The highest BCUT2D eigenvalue weighted by Crippen LogP contribution is 2.54. The van der Waals surface area contributed by atoms with Crippen molar-refractivity contribution in [3.05, 3.63) is 64.4 Å². The van der Waals surface area contributed by atoms with Crippen molar-refractivity contribution in [3.8, 4) is 0 Å². The van der Waals surface area contributed by atoms with Gasteiger partial charge >= 0.3 is 0 Å². The van der Waals surface area contributed by atoms with Gasteiger partial charge in [-0.15, -0.1) is 0 Å². The van der Waals surface area contributed by atoms with Crippen LogP contribution in [0, 0.1) is 23.6 Å².